The van der Waals surface area contributed by atoms with Crippen LogP contribution in [0.4, 0.5) is 10.7 Å². The first-order valence-corrected chi connectivity index (χ1v) is 16.3. The van der Waals surface area contributed by atoms with E-state index >= 15 is 0 Å². The number of nitrogens with zero attached hydrogens (tertiary/aromatic N) is 5. The van der Waals surface area contributed by atoms with Crippen molar-refractivity contribution in [3.8, 4) is 5.88 Å². The zero-order chi connectivity index (χ0) is 31.9. The van der Waals surface area contributed by atoms with Crippen molar-refractivity contribution in [1.29, 1.82) is 0 Å². The highest BCUT2D eigenvalue weighted by Crippen LogP contribution is 2.57. The van der Waals surface area contributed by atoms with Crippen LogP contribution in [0.25, 0.3) is 11.2 Å². The Kier molecular flexibility index (Phi) is 9.55. The molecule has 2 aliphatic rings. The highest BCUT2D eigenvalue weighted by atomic mass is 32.7. The van der Waals surface area contributed by atoms with Gasteiger partial charge in [0, 0.05) is 12.8 Å². The van der Waals surface area contributed by atoms with Gasteiger partial charge >= 0.3 is 18.7 Å². The van der Waals surface area contributed by atoms with Crippen LogP contribution in [0.15, 0.2) is 6.33 Å². The summed E-state index contributed by atoms with van der Waals surface area (Å²) < 4.78 is 37.5. The number of nitrogen functional groups attached to an aromatic ring is 1. The number of hydrogen-bond acceptors (Lipinski definition) is 15. The summed E-state index contributed by atoms with van der Waals surface area (Å²) in [5.41, 5.74) is 4.27. The molecule has 0 bridgehead atoms. The molecule has 2 fully saturated rings. The summed E-state index contributed by atoms with van der Waals surface area (Å²) in [6.45, 7) is 1.49. The third-order valence-electron chi connectivity index (χ3n) is 6.80. The number of aliphatic hydroxyl groups is 2. The van der Waals surface area contributed by atoms with E-state index in [4.69, 9.17) is 24.5 Å². The largest absolute Gasteiger partial charge is 0.479 e. The van der Waals surface area contributed by atoms with Crippen molar-refractivity contribution in [2.45, 2.75) is 69.9 Å². The summed E-state index contributed by atoms with van der Waals surface area (Å²) in [6, 6.07) is -2.66. The number of esters is 1. The maximum atomic E-state index is 14.0. The van der Waals surface area contributed by atoms with Crippen LogP contribution in [-0.4, -0.2) is 115 Å². The Labute approximate surface area is 250 Å². The first-order valence-electron chi connectivity index (χ1n) is 13.1. The second kappa shape index (κ2) is 12.5. The van der Waals surface area contributed by atoms with Gasteiger partial charge in [-0.1, -0.05) is 11.4 Å². The second-order valence-electron chi connectivity index (χ2n) is 10.5. The second-order valence-corrected chi connectivity index (χ2v) is 14.8. The number of aliphatic hydroxyl groups excluding tert-OH is 1. The molecule has 0 spiro atoms. The Bertz CT molecular complexity index is 1440. The molecule has 0 radical (unpaired) electrons. The minimum atomic E-state index is -4.05. The molecule has 7 atom stereocenters. The van der Waals surface area contributed by atoms with Crippen molar-refractivity contribution in [2.75, 3.05) is 32.3 Å². The molecule has 2 aromatic heterocycles. The SMILES string of the molecule is COc1nc(N)nc2c1ncn2[C@@H]1OC(CO[P@](=O)(N[C@@H](C)C(=O)OC(C)C)SCC2C(=O)NC(=O)N2C)[C@@H](O)[C@@]1(C)O. The Morgan fingerprint density at radius 1 is 1.35 bits per heavy atom. The van der Waals surface area contributed by atoms with Crippen LogP contribution in [0.5, 0.6) is 5.88 Å². The number of methoxy groups -OCH3 is 1. The average Bonchev–Trinajstić information content (AvgIpc) is 3.52. The summed E-state index contributed by atoms with van der Waals surface area (Å²) in [5, 5.41) is 27.1. The van der Waals surface area contributed by atoms with Crippen molar-refractivity contribution in [1.82, 2.24) is 34.8 Å². The van der Waals surface area contributed by atoms with Gasteiger partial charge in [0.2, 0.25) is 11.8 Å². The number of nitrogens with two attached hydrogens (primary N) is 1. The summed E-state index contributed by atoms with van der Waals surface area (Å²) in [7, 11) is 2.79. The molecule has 0 saturated carbocycles. The zero-order valence-electron chi connectivity index (χ0n) is 24.3. The smallest absolute Gasteiger partial charge is 0.327 e. The number of imidazole rings is 1. The highest BCUT2D eigenvalue weighted by Gasteiger charge is 2.54. The number of aromatic nitrogens is 4. The van der Waals surface area contributed by atoms with Gasteiger partial charge < -0.3 is 39.6 Å². The number of rotatable bonds is 12. The third-order valence-corrected chi connectivity index (χ3v) is 10.9. The lowest BCUT2D eigenvalue weighted by Crippen LogP contribution is -2.44. The Morgan fingerprint density at radius 3 is 2.65 bits per heavy atom. The van der Waals surface area contributed by atoms with Crippen LogP contribution in [0, 0.1) is 0 Å². The van der Waals surface area contributed by atoms with Crippen molar-refractivity contribution in [3.05, 3.63) is 6.33 Å². The summed E-state index contributed by atoms with van der Waals surface area (Å²) in [4.78, 5) is 50.1. The van der Waals surface area contributed by atoms with Crippen LogP contribution in [-0.2, 0) is 28.2 Å². The van der Waals surface area contributed by atoms with Gasteiger partial charge in [0.05, 0.1) is 26.1 Å². The topological polar surface area (TPSA) is 243 Å². The van der Waals surface area contributed by atoms with Gasteiger partial charge in [0.25, 0.3) is 5.91 Å². The van der Waals surface area contributed by atoms with Crippen LogP contribution < -0.4 is 20.9 Å². The minimum Gasteiger partial charge on any atom is -0.479 e. The molecule has 3 amide bonds. The fourth-order valence-electron chi connectivity index (χ4n) is 4.46. The van der Waals surface area contributed by atoms with Crippen LogP contribution in [0.3, 0.4) is 0 Å². The molecule has 0 aliphatic carbocycles. The molecule has 2 saturated heterocycles. The quantitative estimate of drug-likeness (QED) is 0.114. The lowest BCUT2D eigenvalue weighted by Gasteiger charge is -2.27. The summed E-state index contributed by atoms with van der Waals surface area (Å²) in [5.74, 6) is -1.46. The maximum Gasteiger partial charge on any atom is 0.327 e. The maximum absolute atomic E-state index is 14.0. The van der Waals surface area contributed by atoms with E-state index < -0.39 is 73.5 Å². The molecule has 0 aromatic carbocycles. The molecule has 43 heavy (non-hydrogen) atoms. The van der Waals surface area contributed by atoms with E-state index in [9.17, 15) is 29.2 Å². The lowest BCUT2D eigenvalue weighted by molar-refractivity contribution is -0.149. The van der Waals surface area contributed by atoms with E-state index in [-0.39, 0.29) is 28.7 Å². The standard InChI is InChI=1S/C23H35N8O10PS/c1-10(2)40-19(34)11(3)29-42(37,43-8-12-17(33)27-22(35)30(12)5)39-7-13-15(32)23(4,36)20(41-13)31-9-25-14-16(31)26-21(24)28-18(14)38-6/h9-13,15,20,32,36H,7-8H2,1-6H3,(H,29,37)(H2,24,26,28)(H,27,33,35)/t11-,12?,13?,15+,20+,23+,42+/m0/s1. The van der Waals surface area contributed by atoms with Crippen molar-refractivity contribution < 1.29 is 47.9 Å². The van der Waals surface area contributed by atoms with Crippen LogP contribution in [0.2, 0.25) is 0 Å². The summed E-state index contributed by atoms with van der Waals surface area (Å²) in [6.07, 6.45) is -3.16. The van der Waals surface area contributed by atoms with Gasteiger partial charge in [0.1, 0.15) is 29.9 Å². The number of fused-ring (bicyclic) bond motifs is 1. The fraction of sp³-hybridized carbons (Fsp3) is 0.652. The fourth-order valence-corrected chi connectivity index (χ4v) is 8.43. The van der Waals surface area contributed by atoms with Gasteiger partial charge in [-0.3, -0.25) is 24.0 Å². The molecule has 2 aliphatic heterocycles. The number of anilines is 1. The first-order chi connectivity index (χ1) is 20.1. The lowest BCUT2D eigenvalue weighted by atomic mass is 9.96. The molecular formula is C23H35N8O10PS. The molecule has 4 rings (SSSR count). The van der Waals surface area contributed by atoms with Crippen molar-refractivity contribution in [2.24, 2.45) is 0 Å². The van der Waals surface area contributed by atoms with E-state index in [1.807, 2.05) is 0 Å². The number of amides is 3. The molecule has 6 N–H and O–H groups in total. The first kappa shape index (κ1) is 32.8. The number of carbonyl (C=O) groups excluding carboxylic acids is 3. The van der Waals surface area contributed by atoms with E-state index in [0.717, 1.165) is 4.90 Å². The van der Waals surface area contributed by atoms with Crippen LogP contribution >= 0.6 is 18.1 Å². The number of imide groups is 1. The predicted molar refractivity (Wildman–Crippen MR) is 152 cm³/mol. The number of likely N-dealkylation sites (N-methyl/N-ethyl adjacent to an activating group) is 1. The zero-order valence-corrected chi connectivity index (χ0v) is 26.0. The molecule has 4 heterocycles. The van der Waals surface area contributed by atoms with Gasteiger partial charge in [-0.05, 0) is 27.7 Å². The molecule has 2 unspecified atom stereocenters. The molecular weight excluding hydrogens is 611 g/mol. The van der Waals surface area contributed by atoms with Gasteiger partial charge in [-0.15, -0.1) is 0 Å². The number of urea groups is 1. The predicted octanol–water partition coefficient (Wildman–Crippen LogP) is -0.236. The number of nitrogens with one attached hydrogen (secondary N) is 2. The normalized spacial score (nSPS) is 27.9. The third kappa shape index (κ3) is 6.72. The molecule has 20 heteroatoms. The molecule has 18 nitrogen and oxygen atoms in total. The van der Waals surface area contributed by atoms with E-state index in [0.29, 0.717) is 11.4 Å². The Morgan fingerprint density at radius 2 is 2.05 bits per heavy atom. The highest BCUT2D eigenvalue weighted by molar-refractivity contribution is 8.56. The minimum absolute atomic E-state index is 0.0942. The monoisotopic (exact) mass is 646 g/mol. The van der Waals surface area contributed by atoms with Crippen LogP contribution in [0.1, 0.15) is 33.9 Å². The van der Waals surface area contributed by atoms with Gasteiger partial charge in [-0.2, -0.15) is 9.97 Å². The van der Waals surface area contributed by atoms with Crippen molar-refractivity contribution >= 4 is 53.1 Å². The van der Waals surface area contributed by atoms with E-state index in [1.54, 1.807) is 13.8 Å². The number of hydrogen-bond donors (Lipinski definition) is 5. The van der Waals surface area contributed by atoms with E-state index in [2.05, 4.69) is 25.4 Å². The average molecular weight is 647 g/mol. The van der Waals surface area contributed by atoms with Gasteiger partial charge in [-0.25, -0.2) is 14.9 Å². The van der Waals surface area contributed by atoms with E-state index in [1.165, 1.54) is 38.9 Å². The molecule has 238 valence electrons. The van der Waals surface area contributed by atoms with Crippen molar-refractivity contribution in [3.63, 3.8) is 0 Å². The molecule has 2 aromatic rings. The Balaban J connectivity index is 1.54. The summed E-state index contributed by atoms with van der Waals surface area (Å²) >= 11 is 0.686. The number of ether oxygens (including phenoxy) is 3. The van der Waals surface area contributed by atoms with Gasteiger partial charge in [0.15, 0.2) is 17.4 Å². The Hall–Kier alpha value is -3.06. The number of carbonyl (C=O) groups is 3.